The van der Waals surface area contributed by atoms with E-state index in [1.54, 1.807) is 0 Å². The Bertz CT molecular complexity index is 1640. The number of rotatable bonds is 11. The highest BCUT2D eigenvalue weighted by molar-refractivity contribution is 6.37. The quantitative estimate of drug-likeness (QED) is 0.230. The number of carbonyl (C=O) groups is 2. The molecule has 0 spiro atoms. The molecule has 2 N–H and O–H groups in total. The van der Waals surface area contributed by atoms with Crippen molar-refractivity contribution in [1.29, 1.82) is 0 Å². The second kappa shape index (κ2) is 14.4. The van der Waals surface area contributed by atoms with Gasteiger partial charge in [0.15, 0.2) is 5.75 Å². The van der Waals surface area contributed by atoms with Crippen molar-refractivity contribution in [2.45, 2.75) is 82.5 Å². The van der Waals surface area contributed by atoms with Gasteiger partial charge in [-0.15, -0.1) is 0 Å². The molecule has 2 aliphatic heterocycles. The minimum atomic E-state index is -0.202. The predicted molar refractivity (Wildman–Crippen MR) is 190 cm³/mol. The van der Waals surface area contributed by atoms with Gasteiger partial charge in [0.25, 0.3) is 0 Å². The molecule has 2 amide bonds. The van der Waals surface area contributed by atoms with Crippen LogP contribution in [-0.2, 0) is 22.6 Å². The number of amides is 2. The molecule has 3 aromatic rings. The van der Waals surface area contributed by atoms with E-state index < -0.39 is 0 Å². The van der Waals surface area contributed by atoms with Gasteiger partial charge in [0.2, 0.25) is 11.8 Å². The van der Waals surface area contributed by atoms with E-state index in [2.05, 4.69) is 27.7 Å². The first-order valence-electron chi connectivity index (χ1n) is 17.1. The highest BCUT2D eigenvalue weighted by Crippen LogP contribution is 2.38. The molecule has 2 aromatic carbocycles. The van der Waals surface area contributed by atoms with Crippen molar-refractivity contribution in [3.05, 3.63) is 86.0 Å². The number of nitrogens with one attached hydrogen (secondary N) is 2. The molecule has 4 fully saturated rings. The molecule has 2 saturated heterocycles. The van der Waals surface area contributed by atoms with E-state index in [1.165, 1.54) is 0 Å². The molecule has 11 heteroatoms. The van der Waals surface area contributed by atoms with Crippen LogP contribution in [0, 0.1) is 12.8 Å². The van der Waals surface area contributed by atoms with Gasteiger partial charge in [-0.2, -0.15) is 0 Å². The van der Waals surface area contributed by atoms with Crippen LogP contribution in [0.15, 0.2) is 48.7 Å². The molecule has 4 aliphatic rings. The summed E-state index contributed by atoms with van der Waals surface area (Å²) >= 11 is 19.5. The topological polar surface area (TPSA) is 86.8 Å². The summed E-state index contributed by atoms with van der Waals surface area (Å²) in [7, 11) is 0. The first-order chi connectivity index (χ1) is 23.2. The molecule has 0 bridgehead atoms. The molecule has 2 saturated carbocycles. The predicted octanol–water partition coefficient (Wildman–Crippen LogP) is 6.71. The van der Waals surface area contributed by atoms with Crippen molar-refractivity contribution in [3.63, 3.8) is 0 Å². The Balaban J connectivity index is 1.01. The zero-order valence-electron chi connectivity index (χ0n) is 27.2. The van der Waals surface area contributed by atoms with E-state index in [0.29, 0.717) is 52.9 Å². The number of hydrogen-bond acceptors (Lipinski definition) is 6. The summed E-state index contributed by atoms with van der Waals surface area (Å²) in [6, 6.07) is 14.2. The van der Waals surface area contributed by atoms with Crippen LogP contribution < -0.4 is 20.3 Å². The molecule has 2 aliphatic carbocycles. The van der Waals surface area contributed by atoms with Gasteiger partial charge in [-0.25, -0.2) is 4.98 Å². The lowest BCUT2D eigenvalue weighted by atomic mass is 9.80. The highest BCUT2D eigenvalue weighted by Gasteiger charge is 2.40. The Kier molecular flexibility index (Phi) is 10.1. The van der Waals surface area contributed by atoms with E-state index in [4.69, 9.17) is 44.5 Å². The number of benzene rings is 2. The van der Waals surface area contributed by atoms with Crippen LogP contribution in [0.5, 0.6) is 5.75 Å². The van der Waals surface area contributed by atoms with Crippen LogP contribution in [0.3, 0.4) is 0 Å². The van der Waals surface area contributed by atoms with E-state index >= 15 is 0 Å². The molecule has 8 nitrogen and oxygen atoms in total. The SMILES string of the molecule is Cc1cc(Cl)c(O[C@H]2CCN(c3ccc([C@H]4CCNC[C@@H]4C(=O)N(Cc4cc(CC(=O)NC5CC5)ccc4Cl)C4CC4)cn3)C2)c(Cl)c1. The number of hydrogen-bond donors (Lipinski definition) is 2. The summed E-state index contributed by atoms with van der Waals surface area (Å²) in [5.74, 6) is 1.47. The Labute approximate surface area is 297 Å². The number of aryl methyl sites for hydroxylation is 1. The highest BCUT2D eigenvalue weighted by atomic mass is 35.5. The number of nitrogens with zero attached hydrogens (tertiary/aromatic N) is 3. The lowest BCUT2D eigenvalue weighted by Crippen LogP contribution is -2.47. The Morgan fingerprint density at radius 2 is 1.79 bits per heavy atom. The van der Waals surface area contributed by atoms with Crippen LogP contribution in [-0.4, -0.2) is 66.1 Å². The van der Waals surface area contributed by atoms with E-state index in [1.807, 2.05) is 48.4 Å². The zero-order chi connectivity index (χ0) is 33.4. The largest absolute Gasteiger partial charge is 0.485 e. The van der Waals surface area contributed by atoms with Crippen molar-refractivity contribution in [2.24, 2.45) is 5.92 Å². The van der Waals surface area contributed by atoms with E-state index in [-0.39, 0.29) is 35.8 Å². The molecular formula is C37H42Cl3N5O3. The van der Waals surface area contributed by atoms with Crippen molar-refractivity contribution in [1.82, 2.24) is 20.5 Å². The number of anilines is 1. The molecule has 0 radical (unpaired) electrons. The van der Waals surface area contributed by atoms with E-state index in [9.17, 15) is 9.59 Å². The van der Waals surface area contributed by atoms with Gasteiger partial charge in [0.05, 0.1) is 28.9 Å². The summed E-state index contributed by atoms with van der Waals surface area (Å²) in [5.41, 5.74) is 3.88. The van der Waals surface area contributed by atoms with Crippen LogP contribution >= 0.6 is 34.8 Å². The molecule has 3 atom stereocenters. The van der Waals surface area contributed by atoms with Gasteiger partial charge in [-0.1, -0.05) is 53.0 Å². The van der Waals surface area contributed by atoms with Crippen molar-refractivity contribution < 1.29 is 14.3 Å². The minimum absolute atomic E-state index is 0.0339. The van der Waals surface area contributed by atoms with Crippen LogP contribution in [0.2, 0.25) is 15.1 Å². The summed E-state index contributed by atoms with van der Waals surface area (Å²) in [6.07, 6.45) is 8.03. The molecule has 0 unspecified atom stereocenters. The third-order valence-corrected chi connectivity index (χ3v) is 10.9. The van der Waals surface area contributed by atoms with Crippen LogP contribution in [0.4, 0.5) is 5.82 Å². The summed E-state index contributed by atoms with van der Waals surface area (Å²) < 4.78 is 6.23. The van der Waals surface area contributed by atoms with Gasteiger partial charge >= 0.3 is 0 Å². The second-order valence-corrected chi connectivity index (χ2v) is 15.1. The molecule has 1 aromatic heterocycles. The van der Waals surface area contributed by atoms with Crippen molar-refractivity contribution in [2.75, 3.05) is 31.1 Å². The lowest BCUT2D eigenvalue weighted by molar-refractivity contribution is -0.138. The van der Waals surface area contributed by atoms with Crippen molar-refractivity contribution in [3.8, 4) is 5.75 Å². The normalized spacial score (nSPS) is 22.4. The lowest BCUT2D eigenvalue weighted by Gasteiger charge is -2.36. The molecule has 254 valence electrons. The monoisotopic (exact) mass is 709 g/mol. The number of piperidine rings is 1. The van der Waals surface area contributed by atoms with Gasteiger partial charge in [0.1, 0.15) is 11.9 Å². The maximum absolute atomic E-state index is 14.3. The third kappa shape index (κ3) is 7.88. The Morgan fingerprint density at radius 3 is 2.50 bits per heavy atom. The van der Waals surface area contributed by atoms with Gasteiger partial charge in [0, 0.05) is 49.4 Å². The first-order valence-corrected chi connectivity index (χ1v) is 18.3. The second-order valence-electron chi connectivity index (χ2n) is 13.8. The summed E-state index contributed by atoms with van der Waals surface area (Å²) in [4.78, 5) is 35.9. The Morgan fingerprint density at radius 1 is 1.00 bits per heavy atom. The maximum Gasteiger partial charge on any atom is 0.228 e. The standard InChI is InChI=1S/C37H42Cl3N5O3/c1-22-14-32(39)36(33(40)15-22)48-28-11-13-44(21-28)34-9-3-24(18-42-34)29-10-12-41-19-30(29)37(47)45(27-6-7-27)20-25-16-23(2-8-31(25)38)17-35(46)43-26-4-5-26/h2-3,8-9,14-16,18,26-30,41H,4-7,10-13,17,19-21H2,1H3,(H,43,46)/t28-,29+,30-/m0/s1. The number of ether oxygens (including phenoxy) is 1. The van der Waals surface area contributed by atoms with E-state index in [0.717, 1.165) is 79.7 Å². The average molecular weight is 711 g/mol. The molecule has 48 heavy (non-hydrogen) atoms. The maximum atomic E-state index is 14.3. The van der Waals surface area contributed by atoms with Crippen LogP contribution in [0.1, 0.15) is 66.7 Å². The smallest absolute Gasteiger partial charge is 0.228 e. The number of carbonyl (C=O) groups excluding carboxylic acids is 2. The minimum Gasteiger partial charge on any atom is -0.485 e. The molecule has 7 rings (SSSR count). The molecule has 3 heterocycles. The van der Waals surface area contributed by atoms with Gasteiger partial charge in [-0.05, 0) is 98.0 Å². The fourth-order valence-electron chi connectivity index (χ4n) is 7.04. The summed E-state index contributed by atoms with van der Waals surface area (Å²) in [6.45, 7) is 5.38. The molecular weight excluding hydrogens is 669 g/mol. The number of pyridine rings is 1. The van der Waals surface area contributed by atoms with Gasteiger partial charge in [-0.3, -0.25) is 9.59 Å². The first kappa shape index (κ1) is 33.5. The number of aromatic nitrogens is 1. The fraction of sp³-hybridized carbons (Fsp3) is 0.486. The van der Waals surface area contributed by atoms with Crippen molar-refractivity contribution >= 4 is 52.4 Å². The fourth-order valence-corrected chi connectivity index (χ4v) is 7.90. The third-order valence-electron chi connectivity index (χ3n) is 9.92. The van der Waals surface area contributed by atoms with Gasteiger partial charge < -0.3 is 25.2 Å². The Hall–Kier alpha value is -3.04. The summed E-state index contributed by atoms with van der Waals surface area (Å²) in [5, 5.41) is 8.20. The zero-order valence-corrected chi connectivity index (χ0v) is 29.5. The number of halogens is 3. The van der Waals surface area contributed by atoms with Crippen LogP contribution in [0.25, 0.3) is 0 Å². The average Bonchev–Trinajstić information content (AvgIpc) is 4.02.